The average Bonchev–Trinajstić information content (AvgIpc) is 3.36. The smallest absolute Gasteiger partial charge is 0.246 e. The van der Waals surface area contributed by atoms with Gasteiger partial charge in [0.25, 0.3) is 0 Å². The van der Waals surface area contributed by atoms with Crippen LogP contribution in [0.4, 0.5) is 0 Å². The molecule has 0 saturated carbocycles. The number of carbonyl (C=O) groups is 1. The zero-order valence-corrected chi connectivity index (χ0v) is 20.6. The largest absolute Gasteiger partial charge is 0.493 e. The molecule has 0 N–H and O–H groups in total. The van der Waals surface area contributed by atoms with Gasteiger partial charge in [-0.05, 0) is 44.0 Å². The van der Waals surface area contributed by atoms with Gasteiger partial charge in [-0.15, -0.1) is 0 Å². The van der Waals surface area contributed by atoms with E-state index in [4.69, 9.17) is 14.0 Å². The van der Waals surface area contributed by atoms with Gasteiger partial charge in [0, 0.05) is 38.3 Å². The molecule has 2 aliphatic heterocycles. The highest BCUT2D eigenvalue weighted by atomic mass is 32.2. The first-order chi connectivity index (χ1) is 16.3. The van der Waals surface area contributed by atoms with Crippen LogP contribution in [0.15, 0.2) is 28.8 Å². The van der Waals surface area contributed by atoms with Gasteiger partial charge in [0.1, 0.15) is 12.4 Å². The summed E-state index contributed by atoms with van der Waals surface area (Å²) in [6, 6.07) is 5.59. The molecule has 34 heavy (non-hydrogen) atoms. The number of ether oxygens (including phenoxy) is 2. The van der Waals surface area contributed by atoms with Crippen molar-refractivity contribution in [1.82, 2.24) is 15.0 Å². The lowest BCUT2D eigenvalue weighted by Crippen LogP contribution is -2.52. The second-order valence-electron chi connectivity index (χ2n) is 8.75. The Morgan fingerprint density at radius 2 is 1.97 bits per heavy atom. The number of nitrogens with zero attached hydrogens (tertiary/aromatic N) is 3. The van der Waals surface area contributed by atoms with Crippen LogP contribution >= 0.6 is 0 Å². The van der Waals surface area contributed by atoms with Crippen LogP contribution in [0.3, 0.4) is 0 Å². The number of methoxy groups -OCH3 is 1. The van der Waals surface area contributed by atoms with Crippen LogP contribution in [0.2, 0.25) is 0 Å². The molecular weight excluding hydrogens is 458 g/mol. The van der Waals surface area contributed by atoms with Crippen LogP contribution in [0.5, 0.6) is 11.5 Å². The lowest BCUT2D eigenvalue weighted by molar-refractivity contribution is -0.127. The van der Waals surface area contributed by atoms with Gasteiger partial charge in [0.2, 0.25) is 5.91 Å². The van der Waals surface area contributed by atoms with E-state index < -0.39 is 9.84 Å². The summed E-state index contributed by atoms with van der Waals surface area (Å²) in [6.45, 7) is 6.63. The Bertz CT molecular complexity index is 1150. The van der Waals surface area contributed by atoms with Crippen molar-refractivity contribution in [3.05, 3.63) is 46.9 Å². The number of aryl methyl sites for hydroxylation is 2. The molecule has 9 nitrogen and oxygen atoms in total. The second-order valence-corrected chi connectivity index (χ2v) is 11.0. The number of rotatable bonds is 7. The first-order valence-corrected chi connectivity index (χ1v) is 13.2. The highest BCUT2D eigenvalue weighted by Gasteiger charge is 2.34. The summed E-state index contributed by atoms with van der Waals surface area (Å²) < 4.78 is 40.0. The maximum absolute atomic E-state index is 12.7. The molecule has 0 spiro atoms. The number of amides is 1. The number of hydrogen-bond acceptors (Lipinski definition) is 8. The van der Waals surface area contributed by atoms with Gasteiger partial charge in [-0.2, -0.15) is 0 Å². The fourth-order valence-corrected chi connectivity index (χ4v) is 6.17. The third-order valence-electron chi connectivity index (χ3n) is 6.51. The zero-order chi connectivity index (χ0) is 24.3. The average molecular weight is 490 g/mol. The van der Waals surface area contributed by atoms with Crippen molar-refractivity contribution in [2.75, 3.05) is 44.8 Å². The van der Waals surface area contributed by atoms with Crippen LogP contribution in [0.25, 0.3) is 6.08 Å². The number of benzene rings is 1. The van der Waals surface area contributed by atoms with Gasteiger partial charge in [-0.3, -0.25) is 9.69 Å². The van der Waals surface area contributed by atoms with E-state index in [1.165, 1.54) is 0 Å². The molecule has 3 heterocycles. The van der Waals surface area contributed by atoms with E-state index in [0.717, 1.165) is 22.6 Å². The van der Waals surface area contributed by atoms with E-state index in [1.807, 2.05) is 32.0 Å². The van der Waals surface area contributed by atoms with Crippen molar-refractivity contribution in [1.29, 1.82) is 0 Å². The molecule has 1 aromatic heterocycles. The number of aromatic nitrogens is 1. The molecule has 4 rings (SSSR count). The van der Waals surface area contributed by atoms with Crippen molar-refractivity contribution < 1.29 is 27.2 Å². The summed E-state index contributed by atoms with van der Waals surface area (Å²) in [4.78, 5) is 16.7. The van der Waals surface area contributed by atoms with Crippen LogP contribution < -0.4 is 9.47 Å². The standard InChI is InChI=1S/C24H31N3O6S/c1-17-21(18(2)33-25-17)15-32-22-6-4-19(14-23(22)31-3)5-7-24(28)27-11-9-26(10-12-27)20-8-13-34(29,30)16-20/h4-7,14,20H,8-13,15-16H2,1-3H3. The Hall–Kier alpha value is -2.85. The van der Waals surface area contributed by atoms with Crippen molar-refractivity contribution in [2.45, 2.75) is 32.9 Å². The van der Waals surface area contributed by atoms with Gasteiger partial charge in [0.15, 0.2) is 21.3 Å². The van der Waals surface area contributed by atoms with Gasteiger partial charge in [-0.25, -0.2) is 8.42 Å². The number of piperazine rings is 1. The van der Waals surface area contributed by atoms with Crippen molar-refractivity contribution >= 4 is 21.8 Å². The van der Waals surface area contributed by atoms with Gasteiger partial charge in [0.05, 0.1) is 29.9 Å². The van der Waals surface area contributed by atoms with Crippen LogP contribution in [-0.2, 0) is 21.2 Å². The zero-order valence-electron chi connectivity index (χ0n) is 19.8. The minimum absolute atomic E-state index is 0.0589. The summed E-state index contributed by atoms with van der Waals surface area (Å²) in [5.41, 5.74) is 2.53. The van der Waals surface area contributed by atoms with E-state index in [-0.39, 0.29) is 23.5 Å². The fraction of sp³-hybridized carbons (Fsp3) is 0.500. The molecule has 1 amide bonds. The highest BCUT2D eigenvalue weighted by Crippen LogP contribution is 2.30. The van der Waals surface area contributed by atoms with E-state index >= 15 is 0 Å². The first-order valence-electron chi connectivity index (χ1n) is 11.4. The third kappa shape index (κ3) is 5.61. The molecule has 2 aromatic rings. The summed E-state index contributed by atoms with van der Waals surface area (Å²) in [5, 5.41) is 3.94. The lowest BCUT2D eigenvalue weighted by Gasteiger charge is -2.37. The molecule has 1 unspecified atom stereocenters. The van der Waals surface area contributed by atoms with Crippen LogP contribution in [0, 0.1) is 13.8 Å². The molecule has 2 aliphatic rings. The predicted octanol–water partition coefficient (Wildman–Crippen LogP) is 2.22. The molecule has 0 bridgehead atoms. The summed E-state index contributed by atoms with van der Waals surface area (Å²) >= 11 is 0. The van der Waals surface area contributed by atoms with Crippen LogP contribution in [0.1, 0.15) is 29.0 Å². The van der Waals surface area contributed by atoms with Gasteiger partial charge in [-0.1, -0.05) is 11.2 Å². The number of sulfone groups is 1. The monoisotopic (exact) mass is 489 g/mol. The van der Waals surface area contributed by atoms with Crippen LogP contribution in [-0.4, -0.2) is 80.1 Å². The number of hydrogen-bond donors (Lipinski definition) is 0. The molecule has 2 fully saturated rings. The summed E-state index contributed by atoms with van der Waals surface area (Å²) in [6.07, 6.45) is 4.02. The maximum Gasteiger partial charge on any atom is 0.246 e. The van der Waals surface area contributed by atoms with Gasteiger partial charge < -0.3 is 18.9 Å². The van der Waals surface area contributed by atoms with E-state index in [9.17, 15) is 13.2 Å². The highest BCUT2D eigenvalue weighted by molar-refractivity contribution is 7.91. The molecule has 1 atom stereocenters. The Balaban J connectivity index is 1.32. The maximum atomic E-state index is 12.7. The molecule has 10 heteroatoms. The topological polar surface area (TPSA) is 102 Å². The molecule has 2 saturated heterocycles. The predicted molar refractivity (Wildman–Crippen MR) is 128 cm³/mol. The van der Waals surface area contributed by atoms with E-state index in [2.05, 4.69) is 10.1 Å². The Kier molecular flexibility index (Phi) is 7.27. The minimum atomic E-state index is -2.90. The molecule has 1 aromatic carbocycles. The van der Waals surface area contributed by atoms with Gasteiger partial charge >= 0.3 is 0 Å². The molecular formula is C24H31N3O6S. The summed E-state index contributed by atoms with van der Waals surface area (Å²) in [7, 11) is -1.33. The normalized spacial score (nSPS) is 20.7. The second kappa shape index (κ2) is 10.2. The quantitative estimate of drug-likeness (QED) is 0.546. The molecule has 184 valence electrons. The minimum Gasteiger partial charge on any atom is -0.493 e. The molecule has 0 radical (unpaired) electrons. The fourth-order valence-electron chi connectivity index (χ4n) is 4.41. The lowest BCUT2D eigenvalue weighted by atomic mass is 10.1. The third-order valence-corrected chi connectivity index (χ3v) is 8.26. The van der Waals surface area contributed by atoms with E-state index in [1.54, 1.807) is 24.2 Å². The Labute approximate surface area is 200 Å². The van der Waals surface area contributed by atoms with Crippen molar-refractivity contribution in [2.24, 2.45) is 0 Å². The van der Waals surface area contributed by atoms with E-state index in [0.29, 0.717) is 50.7 Å². The van der Waals surface area contributed by atoms with Crippen molar-refractivity contribution in [3.63, 3.8) is 0 Å². The Morgan fingerprint density at radius 1 is 1.21 bits per heavy atom. The first kappa shape index (κ1) is 24.3. The SMILES string of the molecule is COc1cc(C=CC(=O)N2CCN(C3CCS(=O)(=O)C3)CC2)ccc1OCc1c(C)noc1C. The number of carbonyl (C=O) groups excluding carboxylic acids is 1. The Morgan fingerprint density at radius 3 is 2.59 bits per heavy atom. The summed E-state index contributed by atoms with van der Waals surface area (Å²) in [5.74, 6) is 2.34. The van der Waals surface area contributed by atoms with Crippen molar-refractivity contribution in [3.8, 4) is 11.5 Å². The molecule has 0 aliphatic carbocycles.